The van der Waals surface area contributed by atoms with Crippen molar-refractivity contribution >= 4 is 40.1 Å². The van der Waals surface area contributed by atoms with E-state index in [1.165, 1.54) is 0 Å². The lowest BCUT2D eigenvalue weighted by atomic mass is 10.3. The summed E-state index contributed by atoms with van der Waals surface area (Å²) in [6, 6.07) is -2.39. The van der Waals surface area contributed by atoms with Crippen molar-refractivity contribution in [1.82, 2.24) is 10.6 Å². The molecule has 0 aromatic carbocycles. The van der Waals surface area contributed by atoms with Gasteiger partial charge in [-0.3, -0.25) is 14.1 Å². The second-order valence-corrected chi connectivity index (χ2v) is 7.98. The number of ether oxygens (including phenoxy) is 2. The maximum atomic E-state index is 11.7. The van der Waals surface area contributed by atoms with E-state index in [2.05, 4.69) is 29.5 Å². The van der Waals surface area contributed by atoms with Gasteiger partial charge in [0.2, 0.25) is 11.8 Å². The van der Waals surface area contributed by atoms with Crippen molar-refractivity contribution < 1.29 is 51.5 Å². The number of carbonyl (C=O) groups excluding carboxylic acids is 3. The van der Waals surface area contributed by atoms with Crippen LogP contribution in [0.15, 0.2) is 0 Å². The van der Waals surface area contributed by atoms with Crippen molar-refractivity contribution in [2.75, 3.05) is 37.8 Å². The minimum atomic E-state index is -4.12. The fourth-order valence-electron chi connectivity index (χ4n) is 1.64. The summed E-state index contributed by atoms with van der Waals surface area (Å²) >= 11 is 0.830. The van der Waals surface area contributed by atoms with E-state index in [9.17, 15) is 22.8 Å². The van der Waals surface area contributed by atoms with Crippen LogP contribution in [0.4, 0.5) is 4.79 Å². The average molecular weight is 479 g/mol. The van der Waals surface area contributed by atoms with Crippen LogP contribution < -0.4 is 22.1 Å². The summed E-state index contributed by atoms with van der Waals surface area (Å²) in [5, 5.41) is 16.1. The SMILES string of the molecule is NC(COC(=O)OCC(N)C(=O)NCCCS(=O)(=O)O)C(=O)NCCCSOOO. The van der Waals surface area contributed by atoms with Crippen LogP contribution in [0.5, 0.6) is 0 Å². The van der Waals surface area contributed by atoms with Gasteiger partial charge in [0.1, 0.15) is 25.3 Å². The Morgan fingerprint density at radius 2 is 1.47 bits per heavy atom. The standard InChI is InChI=1S/C13H26N4O11S2/c14-9(11(18)16-3-1-5-29-28-27-21)7-25-13(20)26-8-10(15)12(19)17-4-2-6-30(22,23)24/h9-10,21H,1-8,14-15H2,(H,16,18)(H,17,19)(H,22,23,24). The molecule has 0 aliphatic rings. The number of hydrogen-bond acceptors (Lipinski definition) is 13. The quantitative estimate of drug-likeness (QED) is 0.0343. The van der Waals surface area contributed by atoms with E-state index in [1.54, 1.807) is 0 Å². The van der Waals surface area contributed by atoms with Crippen LogP contribution in [0.1, 0.15) is 12.8 Å². The maximum absolute atomic E-state index is 11.7. The zero-order chi connectivity index (χ0) is 23.0. The monoisotopic (exact) mass is 478 g/mol. The topological polar surface area (TPSA) is 239 Å². The second-order valence-electron chi connectivity index (χ2n) is 5.62. The normalized spacial score (nSPS) is 13.2. The largest absolute Gasteiger partial charge is 0.508 e. The second kappa shape index (κ2) is 16.0. The molecule has 2 unspecified atom stereocenters. The molecule has 2 amide bonds. The average Bonchev–Trinajstić information content (AvgIpc) is 2.68. The zero-order valence-corrected chi connectivity index (χ0v) is 17.5. The van der Waals surface area contributed by atoms with Gasteiger partial charge in [-0.15, -0.1) is 4.33 Å². The Labute approximate surface area is 176 Å². The van der Waals surface area contributed by atoms with Gasteiger partial charge < -0.3 is 31.6 Å². The van der Waals surface area contributed by atoms with Crippen LogP contribution in [-0.4, -0.2) is 86.1 Å². The molecule has 0 aromatic rings. The highest BCUT2D eigenvalue weighted by Crippen LogP contribution is 2.02. The van der Waals surface area contributed by atoms with Crippen LogP contribution in [0, 0.1) is 0 Å². The van der Waals surface area contributed by atoms with E-state index >= 15 is 0 Å². The van der Waals surface area contributed by atoms with E-state index in [1.807, 2.05) is 0 Å². The molecule has 0 fully saturated rings. The Kier molecular flexibility index (Phi) is 15.1. The first-order valence-electron chi connectivity index (χ1n) is 8.47. The van der Waals surface area contributed by atoms with Crippen molar-refractivity contribution in [3.8, 4) is 0 Å². The molecule has 0 saturated carbocycles. The summed E-state index contributed by atoms with van der Waals surface area (Å²) in [5.41, 5.74) is 11.1. The third kappa shape index (κ3) is 16.1. The molecule has 0 aromatic heterocycles. The molecule has 176 valence electrons. The molecule has 0 radical (unpaired) electrons. The Morgan fingerprint density at radius 3 is 1.93 bits per heavy atom. The third-order valence-electron chi connectivity index (χ3n) is 3.10. The molecule has 0 aliphatic carbocycles. The molecular weight excluding hydrogens is 452 g/mol. The zero-order valence-electron chi connectivity index (χ0n) is 15.9. The summed E-state index contributed by atoms with van der Waals surface area (Å²) in [5.74, 6) is -1.38. The van der Waals surface area contributed by atoms with Crippen molar-refractivity contribution in [2.45, 2.75) is 24.9 Å². The number of nitrogens with two attached hydrogens (primary N) is 2. The number of carbonyl (C=O) groups is 3. The van der Waals surface area contributed by atoms with E-state index in [0.717, 1.165) is 12.0 Å². The van der Waals surface area contributed by atoms with Crippen molar-refractivity contribution in [1.29, 1.82) is 0 Å². The van der Waals surface area contributed by atoms with Crippen LogP contribution in [0.25, 0.3) is 0 Å². The molecule has 0 bridgehead atoms. The minimum Gasteiger partial charge on any atom is -0.432 e. The third-order valence-corrected chi connectivity index (χ3v) is 4.51. The number of nitrogens with one attached hydrogen (secondary N) is 2. The predicted octanol–water partition coefficient (Wildman–Crippen LogP) is -2.24. The van der Waals surface area contributed by atoms with E-state index in [4.69, 9.17) is 21.3 Å². The highest BCUT2D eigenvalue weighted by atomic mass is 32.2. The van der Waals surface area contributed by atoms with Crippen molar-refractivity contribution in [3.63, 3.8) is 0 Å². The van der Waals surface area contributed by atoms with E-state index in [-0.39, 0.29) is 19.5 Å². The van der Waals surface area contributed by atoms with Crippen LogP contribution in [0.3, 0.4) is 0 Å². The van der Waals surface area contributed by atoms with Gasteiger partial charge in [-0.05, 0) is 12.8 Å². The summed E-state index contributed by atoms with van der Waals surface area (Å²) in [7, 11) is -4.12. The maximum Gasteiger partial charge on any atom is 0.508 e. The molecule has 0 heterocycles. The molecule has 15 nitrogen and oxygen atoms in total. The molecule has 0 saturated heterocycles. The number of amides is 2. The molecule has 8 N–H and O–H groups in total. The summed E-state index contributed by atoms with van der Waals surface area (Å²) in [6.45, 7) is -0.797. The van der Waals surface area contributed by atoms with Crippen LogP contribution in [0.2, 0.25) is 0 Å². The van der Waals surface area contributed by atoms with Crippen LogP contribution in [-0.2, 0) is 38.6 Å². The fraction of sp³-hybridized carbons (Fsp3) is 0.769. The Balaban J connectivity index is 3.90. The van der Waals surface area contributed by atoms with Gasteiger partial charge in [0.25, 0.3) is 10.1 Å². The molecule has 30 heavy (non-hydrogen) atoms. The molecule has 2 atom stereocenters. The molecular formula is C13H26N4O11S2. The summed E-state index contributed by atoms with van der Waals surface area (Å²) in [4.78, 5) is 34.8. The molecule has 0 rings (SSSR count). The van der Waals surface area contributed by atoms with Crippen molar-refractivity contribution in [3.05, 3.63) is 0 Å². The lowest BCUT2D eigenvalue weighted by Gasteiger charge is -2.14. The Hall–Kier alpha value is -1.73. The van der Waals surface area contributed by atoms with E-state index < -0.39 is 59.1 Å². The molecule has 17 heteroatoms. The summed E-state index contributed by atoms with van der Waals surface area (Å²) in [6.07, 6.45) is -0.722. The van der Waals surface area contributed by atoms with E-state index in [0.29, 0.717) is 12.2 Å². The first kappa shape index (κ1) is 28.3. The Bertz CT molecular complexity index is 635. The lowest BCUT2D eigenvalue weighted by molar-refractivity contribution is -0.432. The van der Waals surface area contributed by atoms with Gasteiger partial charge in [0.15, 0.2) is 0 Å². The first-order valence-corrected chi connectivity index (χ1v) is 11.0. The number of rotatable bonds is 16. The predicted molar refractivity (Wildman–Crippen MR) is 102 cm³/mol. The summed E-state index contributed by atoms with van der Waals surface area (Å²) < 4.78 is 43.1. The highest BCUT2D eigenvalue weighted by Gasteiger charge is 2.19. The van der Waals surface area contributed by atoms with Crippen LogP contribution >= 0.6 is 12.0 Å². The first-order chi connectivity index (χ1) is 14.1. The van der Waals surface area contributed by atoms with Crippen molar-refractivity contribution in [2.24, 2.45) is 11.5 Å². The minimum absolute atomic E-state index is 0.0240. The fourth-order valence-corrected chi connectivity index (χ4v) is 2.52. The van der Waals surface area contributed by atoms with Gasteiger partial charge in [-0.1, -0.05) is 5.04 Å². The molecule has 0 spiro atoms. The Morgan fingerprint density at radius 1 is 0.967 bits per heavy atom. The highest BCUT2D eigenvalue weighted by molar-refractivity contribution is 7.94. The number of hydrogen-bond donors (Lipinski definition) is 6. The smallest absolute Gasteiger partial charge is 0.432 e. The molecule has 0 aliphatic heterocycles. The lowest BCUT2D eigenvalue weighted by Crippen LogP contribution is -2.45. The van der Waals surface area contributed by atoms with Gasteiger partial charge in [-0.25, -0.2) is 10.1 Å². The van der Waals surface area contributed by atoms with Gasteiger partial charge in [-0.2, -0.15) is 8.42 Å². The van der Waals surface area contributed by atoms with Gasteiger partial charge >= 0.3 is 6.16 Å². The van der Waals surface area contributed by atoms with Gasteiger partial charge in [0, 0.05) is 30.9 Å². The van der Waals surface area contributed by atoms with Gasteiger partial charge in [0.05, 0.1) is 5.75 Å².